The van der Waals surface area contributed by atoms with Gasteiger partial charge in [0.1, 0.15) is 4.86 Å². The van der Waals surface area contributed by atoms with Crippen molar-refractivity contribution in [3.05, 3.63) is 91.0 Å². The first-order valence-electron chi connectivity index (χ1n) is 7.97. The first kappa shape index (κ1) is 18.6. The standard InChI is InChI=1S/C21H16F3PS/c22-21(23,24)20(26)16-25(17-10-4-1-5-11-17,18-12-6-2-7-13-18)19-14-8-3-9-15-19/h1-16H. The Labute approximate surface area is 156 Å². The van der Waals surface area contributed by atoms with Crippen LogP contribution in [0, 0.1) is 0 Å². The number of benzene rings is 3. The molecule has 0 spiro atoms. The summed E-state index contributed by atoms with van der Waals surface area (Å²) in [5.74, 6) is 1.27. The van der Waals surface area contributed by atoms with E-state index in [1.807, 2.05) is 91.0 Å². The average Bonchev–Trinajstić information content (AvgIpc) is 2.67. The van der Waals surface area contributed by atoms with E-state index in [1.165, 1.54) is 5.80 Å². The van der Waals surface area contributed by atoms with E-state index in [0.717, 1.165) is 15.9 Å². The normalized spacial score (nSPS) is 11.8. The summed E-state index contributed by atoms with van der Waals surface area (Å²) in [6.45, 7) is -2.69. The first-order chi connectivity index (χ1) is 12.4. The lowest BCUT2D eigenvalue weighted by atomic mass is 10.4. The molecule has 0 fully saturated rings. The smallest absolute Gasteiger partial charge is 0.165 e. The highest BCUT2D eigenvalue weighted by Crippen LogP contribution is 2.44. The molecule has 0 atom stereocenters. The van der Waals surface area contributed by atoms with Crippen LogP contribution in [0.3, 0.4) is 0 Å². The molecule has 3 aromatic rings. The second-order valence-electron chi connectivity index (χ2n) is 5.72. The van der Waals surface area contributed by atoms with Crippen LogP contribution in [-0.2, 0) is 0 Å². The highest BCUT2D eigenvalue weighted by atomic mass is 32.1. The highest BCUT2D eigenvalue weighted by molar-refractivity contribution is 7.97. The van der Waals surface area contributed by atoms with Gasteiger partial charge in [-0.25, -0.2) is 0 Å². The Hall–Kier alpha value is -2.16. The molecule has 0 aliphatic carbocycles. The van der Waals surface area contributed by atoms with E-state index in [2.05, 4.69) is 0 Å². The van der Waals surface area contributed by atoms with Crippen LogP contribution in [0.15, 0.2) is 91.0 Å². The number of alkyl halides is 3. The van der Waals surface area contributed by atoms with Crippen molar-refractivity contribution in [3.8, 4) is 0 Å². The fraction of sp³-hybridized carbons (Fsp3) is 0.0476. The summed E-state index contributed by atoms with van der Waals surface area (Å²) in [6, 6.07) is 27.9. The van der Waals surface area contributed by atoms with Crippen molar-refractivity contribution in [3.63, 3.8) is 0 Å². The van der Waals surface area contributed by atoms with Crippen LogP contribution in [0.1, 0.15) is 0 Å². The minimum atomic E-state index is -4.54. The van der Waals surface area contributed by atoms with Gasteiger partial charge in [0.2, 0.25) is 0 Å². The summed E-state index contributed by atoms with van der Waals surface area (Å²) >= 11 is 4.79. The number of halogens is 3. The number of thiocarbonyl (C=S) groups is 1. The van der Waals surface area contributed by atoms with Crippen molar-refractivity contribution in [1.29, 1.82) is 0 Å². The predicted molar refractivity (Wildman–Crippen MR) is 110 cm³/mol. The fourth-order valence-corrected chi connectivity index (χ4v) is 7.15. The van der Waals surface area contributed by atoms with Crippen LogP contribution in [0.4, 0.5) is 13.2 Å². The van der Waals surface area contributed by atoms with Gasteiger partial charge in [0.15, 0.2) is 0 Å². The molecule has 0 saturated carbocycles. The summed E-state index contributed by atoms with van der Waals surface area (Å²) in [7, 11) is 0. The van der Waals surface area contributed by atoms with Gasteiger partial charge in [-0.2, -0.15) is 13.2 Å². The van der Waals surface area contributed by atoms with Crippen LogP contribution < -0.4 is 15.9 Å². The zero-order valence-electron chi connectivity index (χ0n) is 13.7. The van der Waals surface area contributed by atoms with Crippen LogP contribution >= 0.6 is 19.1 Å². The van der Waals surface area contributed by atoms with E-state index < -0.39 is 17.9 Å². The van der Waals surface area contributed by atoms with Gasteiger partial charge in [-0.15, -0.1) is 0 Å². The highest BCUT2D eigenvalue weighted by Gasteiger charge is 2.36. The molecule has 0 aliphatic rings. The van der Waals surface area contributed by atoms with Crippen molar-refractivity contribution in [2.75, 3.05) is 0 Å². The molecule has 0 N–H and O–H groups in total. The lowest BCUT2D eigenvalue weighted by molar-refractivity contribution is -0.0540. The zero-order valence-corrected chi connectivity index (χ0v) is 15.4. The van der Waals surface area contributed by atoms with E-state index in [-0.39, 0.29) is 0 Å². The monoisotopic (exact) mass is 388 g/mol. The second kappa shape index (κ2) is 7.61. The Balaban J connectivity index is 2.44. The van der Waals surface area contributed by atoms with E-state index in [9.17, 15) is 13.2 Å². The van der Waals surface area contributed by atoms with Gasteiger partial charge in [-0.05, 0) is 28.6 Å². The lowest BCUT2D eigenvalue weighted by Gasteiger charge is -2.29. The lowest BCUT2D eigenvalue weighted by Crippen LogP contribution is -2.31. The van der Waals surface area contributed by atoms with E-state index >= 15 is 0 Å². The Morgan fingerprint density at radius 1 is 0.654 bits per heavy atom. The summed E-state index contributed by atoms with van der Waals surface area (Å²) in [6.07, 6.45) is -4.54. The van der Waals surface area contributed by atoms with Crippen LogP contribution in [0.5, 0.6) is 0 Å². The fourth-order valence-electron chi connectivity index (χ4n) is 2.91. The second-order valence-corrected chi connectivity index (χ2v) is 9.41. The quantitative estimate of drug-likeness (QED) is 0.461. The minimum absolute atomic E-state index is 0.837. The summed E-state index contributed by atoms with van der Waals surface area (Å²) in [5.41, 5.74) is 0. The molecule has 0 aromatic heterocycles. The molecular formula is C21H16F3PS. The van der Waals surface area contributed by atoms with Crippen molar-refractivity contribution >= 4 is 45.7 Å². The van der Waals surface area contributed by atoms with E-state index in [1.54, 1.807) is 0 Å². The molecule has 0 aliphatic heterocycles. The molecule has 0 bridgehead atoms. The van der Waals surface area contributed by atoms with Gasteiger partial charge < -0.3 is 0 Å². The van der Waals surface area contributed by atoms with Crippen LogP contribution in [-0.4, -0.2) is 16.8 Å². The van der Waals surface area contributed by atoms with Crippen molar-refractivity contribution in [2.45, 2.75) is 6.18 Å². The van der Waals surface area contributed by atoms with E-state index in [0.29, 0.717) is 0 Å². The molecule has 0 saturated heterocycles. The molecule has 26 heavy (non-hydrogen) atoms. The van der Waals surface area contributed by atoms with E-state index in [4.69, 9.17) is 12.2 Å². The average molecular weight is 388 g/mol. The number of hydrogen-bond acceptors (Lipinski definition) is 1. The summed E-state index contributed by atoms with van der Waals surface area (Å²) in [4.78, 5) is -0.984. The number of hydrogen-bond donors (Lipinski definition) is 0. The Bertz CT molecular complexity index is 830. The molecule has 0 heterocycles. The Morgan fingerprint density at radius 2 is 0.962 bits per heavy atom. The van der Waals surface area contributed by atoms with Gasteiger partial charge in [0.25, 0.3) is 0 Å². The third-order valence-electron chi connectivity index (χ3n) is 4.08. The van der Waals surface area contributed by atoms with Crippen LogP contribution in [0.25, 0.3) is 0 Å². The number of rotatable bonds is 4. The largest absolute Gasteiger partial charge is 0.426 e. The molecule has 0 unspecified atom stereocenters. The maximum Gasteiger partial charge on any atom is 0.426 e. The molecule has 5 heteroatoms. The first-order valence-corrected chi connectivity index (χ1v) is 10.2. The van der Waals surface area contributed by atoms with Crippen molar-refractivity contribution in [1.82, 2.24) is 0 Å². The third kappa shape index (κ3) is 3.67. The maximum atomic E-state index is 13.4. The van der Waals surface area contributed by atoms with Gasteiger partial charge in [-0.1, -0.05) is 103 Å². The Kier molecular flexibility index (Phi) is 5.45. The maximum absolute atomic E-state index is 13.4. The SMILES string of the molecule is FC(F)(F)C(=S)C=P(c1ccccc1)(c1ccccc1)c1ccccc1. The molecule has 0 amide bonds. The molecule has 0 nitrogen and oxygen atoms in total. The molecule has 132 valence electrons. The van der Waals surface area contributed by atoms with Crippen molar-refractivity contribution in [2.24, 2.45) is 0 Å². The Morgan fingerprint density at radius 3 is 1.23 bits per heavy atom. The minimum Gasteiger partial charge on any atom is -0.165 e. The predicted octanol–water partition coefficient (Wildman–Crippen LogP) is 4.71. The molecule has 0 radical (unpaired) electrons. The van der Waals surface area contributed by atoms with Gasteiger partial charge in [-0.3, -0.25) is 0 Å². The molecule has 3 rings (SSSR count). The van der Waals surface area contributed by atoms with Crippen LogP contribution in [0.2, 0.25) is 0 Å². The summed E-state index contributed by atoms with van der Waals surface area (Å²) < 4.78 is 40.1. The molecule has 3 aromatic carbocycles. The third-order valence-corrected chi connectivity index (χ3v) is 8.59. The van der Waals surface area contributed by atoms with Gasteiger partial charge in [0.05, 0.1) is 0 Å². The topological polar surface area (TPSA) is 0 Å². The van der Waals surface area contributed by atoms with Gasteiger partial charge in [0, 0.05) is 0 Å². The zero-order chi connectivity index (χ0) is 18.6. The summed E-state index contributed by atoms with van der Waals surface area (Å²) in [5, 5.41) is 2.51. The van der Waals surface area contributed by atoms with Gasteiger partial charge >= 0.3 is 6.18 Å². The van der Waals surface area contributed by atoms with Crippen molar-refractivity contribution < 1.29 is 13.2 Å². The molecular weight excluding hydrogens is 372 g/mol.